The number of aromatic nitrogens is 3. The van der Waals surface area contributed by atoms with Gasteiger partial charge in [0, 0.05) is 43.0 Å². The SMILES string of the molecule is Cc1cc(N)c(F)c(-c2ncc3c(N4CC5CCC(C6CC6)(C4)N5)nc(OC[C@@]45CCCN4CC(=C(F)F)C5)nc3c2F)c1C(F)(F)F. The zero-order valence-corrected chi connectivity index (χ0v) is 26.2. The number of fused-ring (bicyclic) bond motifs is 4. The van der Waals surface area contributed by atoms with E-state index in [0.29, 0.717) is 37.8 Å². The second-order valence-corrected chi connectivity index (χ2v) is 14.1. The van der Waals surface area contributed by atoms with Crippen LogP contribution in [0.2, 0.25) is 0 Å². The van der Waals surface area contributed by atoms with Gasteiger partial charge in [0.05, 0.1) is 27.7 Å². The van der Waals surface area contributed by atoms with Gasteiger partial charge in [-0.25, -0.2) is 8.78 Å². The van der Waals surface area contributed by atoms with Gasteiger partial charge in [-0.2, -0.15) is 31.9 Å². The summed E-state index contributed by atoms with van der Waals surface area (Å²) in [6.07, 6.45) is 0.0132. The average Bonchev–Trinajstić information content (AvgIpc) is 3.63. The first-order valence-electron chi connectivity index (χ1n) is 16.2. The van der Waals surface area contributed by atoms with Gasteiger partial charge in [0.25, 0.3) is 6.08 Å². The molecular formula is C33H34F7N7O. The highest BCUT2D eigenvalue weighted by Crippen LogP contribution is 2.49. The molecule has 5 fully saturated rings. The molecule has 15 heteroatoms. The Morgan fingerprint density at radius 1 is 1.12 bits per heavy atom. The molecule has 4 aliphatic heterocycles. The molecule has 8 rings (SSSR count). The number of hydrogen-bond acceptors (Lipinski definition) is 8. The summed E-state index contributed by atoms with van der Waals surface area (Å²) in [5.41, 5.74) is 0.158. The highest BCUT2D eigenvalue weighted by Gasteiger charge is 2.53. The van der Waals surface area contributed by atoms with Gasteiger partial charge in [-0.15, -0.1) is 0 Å². The van der Waals surface area contributed by atoms with Crippen LogP contribution in [0.15, 0.2) is 23.9 Å². The Hall–Kier alpha value is -3.72. The average molecular weight is 678 g/mol. The lowest BCUT2D eigenvalue weighted by molar-refractivity contribution is -0.137. The summed E-state index contributed by atoms with van der Waals surface area (Å²) in [7, 11) is 0. The molecule has 3 atom stereocenters. The molecule has 2 bridgehead atoms. The number of alkyl halides is 3. The van der Waals surface area contributed by atoms with Crippen molar-refractivity contribution in [2.45, 2.75) is 75.2 Å². The Labute approximate surface area is 271 Å². The number of aryl methyl sites for hydroxylation is 1. The molecule has 3 N–H and O–H groups in total. The van der Waals surface area contributed by atoms with Crippen LogP contribution in [0.4, 0.5) is 42.2 Å². The number of anilines is 2. The van der Waals surface area contributed by atoms with Crippen molar-refractivity contribution < 1.29 is 35.5 Å². The molecule has 3 aromatic rings. The second kappa shape index (κ2) is 10.9. The normalized spacial score (nSPS) is 27.3. The van der Waals surface area contributed by atoms with E-state index in [1.165, 1.54) is 6.20 Å². The molecule has 48 heavy (non-hydrogen) atoms. The summed E-state index contributed by atoms with van der Waals surface area (Å²) in [5, 5.41) is 3.91. The maximum Gasteiger partial charge on any atom is 0.417 e. The molecule has 1 aliphatic carbocycles. The molecule has 0 amide bonds. The Kier molecular flexibility index (Phi) is 7.16. The lowest BCUT2D eigenvalue weighted by Crippen LogP contribution is -2.61. The highest BCUT2D eigenvalue weighted by atomic mass is 19.4. The number of ether oxygens (including phenoxy) is 1. The van der Waals surface area contributed by atoms with Gasteiger partial charge in [-0.05, 0) is 76.0 Å². The maximum absolute atomic E-state index is 16.7. The maximum atomic E-state index is 16.7. The van der Waals surface area contributed by atoms with Crippen LogP contribution >= 0.6 is 0 Å². The molecule has 2 aromatic heterocycles. The van der Waals surface area contributed by atoms with E-state index in [4.69, 9.17) is 15.5 Å². The summed E-state index contributed by atoms with van der Waals surface area (Å²) >= 11 is 0. The molecule has 5 aliphatic rings. The molecule has 6 heterocycles. The molecule has 8 nitrogen and oxygen atoms in total. The van der Waals surface area contributed by atoms with Crippen LogP contribution in [0, 0.1) is 24.5 Å². The first-order valence-corrected chi connectivity index (χ1v) is 16.2. The minimum Gasteiger partial charge on any atom is -0.461 e. The summed E-state index contributed by atoms with van der Waals surface area (Å²) < 4.78 is 108. The lowest BCUT2D eigenvalue weighted by atomic mass is 9.90. The minimum absolute atomic E-state index is 0.0433. The van der Waals surface area contributed by atoms with E-state index in [-0.39, 0.29) is 59.2 Å². The van der Waals surface area contributed by atoms with Crippen LogP contribution in [0.3, 0.4) is 0 Å². The summed E-state index contributed by atoms with van der Waals surface area (Å²) in [5.74, 6) is -1.94. The van der Waals surface area contributed by atoms with Gasteiger partial charge < -0.3 is 20.7 Å². The molecule has 0 spiro atoms. The van der Waals surface area contributed by atoms with Gasteiger partial charge in [-0.3, -0.25) is 9.88 Å². The zero-order chi connectivity index (χ0) is 33.7. The van der Waals surface area contributed by atoms with E-state index in [1.54, 1.807) is 0 Å². The van der Waals surface area contributed by atoms with Crippen molar-refractivity contribution in [3.63, 3.8) is 0 Å². The van der Waals surface area contributed by atoms with Gasteiger partial charge in [0.15, 0.2) is 11.6 Å². The number of rotatable bonds is 6. The smallest absolute Gasteiger partial charge is 0.417 e. The predicted molar refractivity (Wildman–Crippen MR) is 164 cm³/mol. The second-order valence-electron chi connectivity index (χ2n) is 14.1. The predicted octanol–water partition coefficient (Wildman–Crippen LogP) is 6.37. The van der Waals surface area contributed by atoms with Gasteiger partial charge in [0.1, 0.15) is 23.6 Å². The third kappa shape index (κ3) is 4.98. The first kappa shape index (κ1) is 31.5. The lowest BCUT2D eigenvalue weighted by Gasteiger charge is -2.42. The molecule has 1 saturated carbocycles. The van der Waals surface area contributed by atoms with Gasteiger partial charge in [0.2, 0.25) is 0 Å². The number of hydrogen-bond donors (Lipinski definition) is 2. The molecule has 256 valence electrons. The Morgan fingerprint density at radius 3 is 2.65 bits per heavy atom. The van der Waals surface area contributed by atoms with E-state index in [9.17, 15) is 22.0 Å². The Bertz CT molecular complexity index is 1860. The molecule has 2 unspecified atom stereocenters. The molecule has 1 aromatic carbocycles. The third-order valence-electron chi connectivity index (χ3n) is 11.1. The van der Waals surface area contributed by atoms with Crippen molar-refractivity contribution in [2.75, 3.05) is 43.4 Å². The number of nitrogens with two attached hydrogens (primary N) is 1. The molecule has 0 radical (unpaired) electrons. The van der Waals surface area contributed by atoms with E-state index in [0.717, 1.165) is 45.1 Å². The number of pyridine rings is 1. The van der Waals surface area contributed by atoms with Crippen LogP contribution < -0.4 is 20.7 Å². The van der Waals surface area contributed by atoms with Crippen molar-refractivity contribution in [1.29, 1.82) is 0 Å². The van der Waals surface area contributed by atoms with Crippen molar-refractivity contribution in [1.82, 2.24) is 25.2 Å². The number of nitrogens with zero attached hydrogens (tertiary/aromatic N) is 5. The quantitative estimate of drug-likeness (QED) is 0.230. The van der Waals surface area contributed by atoms with E-state index in [2.05, 4.69) is 15.3 Å². The van der Waals surface area contributed by atoms with Gasteiger partial charge >= 0.3 is 12.2 Å². The van der Waals surface area contributed by atoms with E-state index >= 15 is 8.78 Å². The van der Waals surface area contributed by atoms with E-state index in [1.807, 2.05) is 9.80 Å². The fourth-order valence-corrected chi connectivity index (χ4v) is 8.74. The summed E-state index contributed by atoms with van der Waals surface area (Å²) in [6.45, 7) is 2.90. The van der Waals surface area contributed by atoms with Crippen LogP contribution in [0.5, 0.6) is 6.01 Å². The fourth-order valence-electron chi connectivity index (χ4n) is 8.74. The van der Waals surface area contributed by atoms with Crippen molar-refractivity contribution in [3.8, 4) is 17.3 Å². The third-order valence-corrected chi connectivity index (χ3v) is 11.1. The first-order chi connectivity index (χ1) is 22.8. The van der Waals surface area contributed by atoms with Crippen molar-refractivity contribution in [3.05, 3.63) is 46.7 Å². The highest BCUT2D eigenvalue weighted by molar-refractivity contribution is 5.92. The Balaban J connectivity index is 1.26. The number of halogens is 7. The van der Waals surface area contributed by atoms with Crippen LogP contribution in [0.25, 0.3) is 22.2 Å². The van der Waals surface area contributed by atoms with E-state index < -0.39 is 51.9 Å². The van der Waals surface area contributed by atoms with Crippen LogP contribution in [-0.4, -0.2) is 69.8 Å². The number of nitrogens with one attached hydrogen (secondary N) is 1. The fraction of sp³-hybridized carbons (Fsp3) is 0.545. The van der Waals surface area contributed by atoms with Crippen LogP contribution in [0.1, 0.15) is 56.1 Å². The van der Waals surface area contributed by atoms with Gasteiger partial charge in [-0.1, -0.05) is 0 Å². The standard InChI is InChI=1S/C33H34F7N7O/c1-16-9-21(41)24(34)22(23(16)33(38,39)40)27-25(35)26-20(11-42-27)29(46-13-19-5-7-32(14-46,45-19)18-3-4-18)44-30(43-26)48-15-31-6-2-8-47(31)12-17(10-31)28(36)37/h9,11,18-19,45H,2-8,10,12-15,41H2,1H3/t19?,31-,32?/m0/s1. The topological polar surface area (TPSA) is 92.4 Å². The summed E-state index contributed by atoms with van der Waals surface area (Å²) in [4.78, 5) is 17.1. The monoisotopic (exact) mass is 677 g/mol. The summed E-state index contributed by atoms with van der Waals surface area (Å²) in [6, 6.07) is 0.750. The largest absolute Gasteiger partial charge is 0.461 e. The number of benzene rings is 1. The number of nitrogen functional groups attached to an aromatic ring is 1. The zero-order valence-electron chi connectivity index (χ0n) is 26.2. The Morgan fingerprint density at radius 2 is 1.92 bits per heavy atom. The molecule has 4 saturated heterocycles. The molecular weight excluding hydrogens is 643 g/mol. The minimum atomic E-state index is -5.04. The number of piperazine rings is 1. The van der Waals surface area contributed by atoms with Crippen molar-refractivity contribution >= 4 is 22.4 Å². The van der Waals surface area contributed by atoms with Crippen LogP contribution in [-0.2, 0) is 6.18 Å². The van der Waals surface area contributed by atoms with Crippen molar-refractivity contribution in [2.24, 2.45) is 5.92 Å².